The molecule has 1 heterocycles. The minimum atomic E-state index is 1.19. The molecular weight excluding hydrogens is 170 g/mol. The predicted molar refractivity (Wildman–Crippen MR) is 60.2 cm³/mol. The Labute approximate surface area is 86.1 Å². The van der Waals surface area contributed by atoms with Crippen molar-refractivity contribution in [2.24, 2.45) is 0 Å². The first kappa shape index (κ1) is 9.45. The molecule has 1 aliphatic heterocycles. The molecular formula is C13H18N+. The summed E-state index contributed by atoms with van der Waals surface area (Å²) in [5.74, 6) is 0. The van der Waals surface area contributed by atoms with Crippen LogP contribution in [0.15, 0.2) is 24.3 Å². The summed E-state index contributed by atoms with van der Waals surface area (Å²) in [5, 5.41) is 0. The lowest BCUT2D eigenvalue weighted by atomic mass is 10.0. The fourth-order valence-electron chi connectivity index (χ4n) is 1.95. The second-order valence-corrected chi connectivity index (χ2v) is 3.97. The van der Waals surface area contributed by atoms with Crippen molar-refractivity contribution in [3.05, 3.63) is 35.4 Å². The zero-order valence-electron chi connectivity index (χ0n) is 8.87. The van der Waals surface area contributed by atoms with Gasteiger partial charge in [0.15, 0.2) is 6.21 Å². The molecule has 0 saturated carbocycles. The minimum Gasteiger partial charge on any atom is -0.235 e. The van der Waals surface area contributed by atoms with Crippen molar-refractivity contribution in [2.75, 3.05) is 13.1 Å². The molecule has 2 rings (SSSR count). The number of hydrogen-bond donors (Lipinski definition) is 0. The SMILES string of the molecule is CCCC[N+]1=Cc2ccccc2CC1. The molecule has 0 bridgehead atoms. The molecule has 0 fully saturated rings. The van der Waals surface area contributed by atoms with Crippen LogP contribution in [0.25, 0.3) is 0 Å². The fourth-order valence-corrected chi connectivity index (χ4v) is 1.95. The first-order valence-corrected chi connectivity index (χ1v) is 5.57. The number of rotatable bonds is 3. The number of benzene rings is 1. The van der Waals surface area contributed by atoms with Crippen LogP contribution in [0.3, 0.4) is 0 Å². The third-order valence-corrected chi connectivity index (χ3v) is 2.84. The van der Waals surface area contributed by atoms with Gasteiger partial charge in [0.05, 0.1) is 0 Å². The molecule has 0 aromatic heterocycles. The quantitative estimate of drug-likeness (QED) is 0.641. The van der Waals surface area contributed by atoms with E-state index < -0.39 is 0 Å². The Kier molecular flexibility index (Phi) is 2.97. The smallest absolute Gasteiger partial charge is 0.170 e. The molecule has 0 atom stereocenters. The van der Waals surface area contributed by atoms with E-state index in [9.17, 15) is 0 Å². The Morgan fingerprint density at radius 3 is 3.00 bits per heavy atom. The van der Waals surface area contributed by atoms with Gasteiger partial charge in [-0.2, -0.15) is 0 Å². The zero-order chi connectivity index (χ0) is 9.80. The summed E-state index contributed by atoms with van der Waals surface area (Å²) in [6, 6.07) is 8.71. The average molecular weight is 188 g/mol. The third kappa shape index (κ3) is 2.03. The van der Waals surface area contributed by atoms with E-state index in [1.54, 1.807) is 0 Å². The molecule has 0 N–H and O–H groups in total. The highest BCUT2D eigenvalue weighted by molar-refractivity contribution is 5.78. The zero-order valence-corrected chi connectivity index (χ0v) is 8.87. The highest BCUT2D eigenvalue weighted by Gasteiger charge is 2.13. The highest BCUT2D eigenvalue weighted by atomic mass is 15.0. The van der Waals surface area contributed by atoms with E-state index in [0.717, 1.165) is 0 Å². The van der Waals surface area contributed by atoms with Gasteiger partial charge in [0.2, 0.25) is 0 Å². The summed E-state index contributed by atoms with van der Waals surface area (Å²) in [4.78, 5) is 0. The molecule has 74 valence electrons. The summed E-state index contributed by atoms with van der Waals surface area (Å²) in [7, 11) is 0. The predicted octanol–water partition coefficient (Wildman–Crippen LogP) is 2.47. The van der Waals surface area contributed by atoms with Crippen LogP contribution in [-0.4, -0.2) is 23.9 Å². The van der Waals surface area contributed by atoms with Crippen LogP contribution >= 0.6 is 0 Å². The summed E-state index contributed by atoms with van der Waals surface area (Å²) in [5.41, 5.74) is 2.91. The van der Waals surface area contributed by atoms with Crippen molar-refractivity contribution in [1.82, 2.24) is 0 Å². The van der Waals surface area contributed by atoms with Gasteiger partial charge >= 0.3 is 0 Å². The standard InChI is InChI=1S/C13H18N/c1-2-3-9-14-10-8-12-6-4-5-7-13(12)11-14/h4-7,11H,2-3,8-10H2,1H3/q+1. The molecule has 0 aliphatic carbocycles. The van der Waals surface area contributed by atoms with E-state index >= 15 is 0 Å². The van der Waals surface area contributed by atoms with E-state index in [4.69, 9.17) is 0 Å². The maximum Gasteiger partial charge on any atom is 0.170 e. The Bertz CT molecular complexity index is 339. The van der Waals surface area contributed by atoms with E-state index in [1.807, 2.05) is 0 Å². The molecule has 0 spiro atoms. The maximum atomic E-state index is 2.45. The Hall–Kier alpha value is -1.11. The van der Waals surface area contributed by atoms with Crippen LogP contribution < -0.4 is 0 Å². The van der Waals surface area contributed by atoms with E-state index in [-0.39, 0.29) is 0 Å². The van der Waals surface area contributed by atoms with Crippen molar-refractivity contribution in [2.45, 2.75) is 26.2 Å². The maximum absolute atomic E-state index is 2.45. The molecule has 0 unspecified atom stereocenters. The largest absolute Gasteiger partial charge is 0.235 e. The molecule has 1 aromatic rings. The van der Waals surface area contributed by atoms with Crippen molar-refractivity contribution >= 4 is 6.21 Å². The van der Waals surface area contributed by atoms with Gasteiger partial charge in [0, 0.05) is 18.4 Å². The van der Waals surface area contributed by atoms with Gasteiger partial charge in [-0.25, -0.2) is 4.58 Å². The lowest BCUT2D eigenvalue weighted by Crippen LogP contribution is -2.23. The van der Waals surface area contributed by atoms with Crippen LogP contribution in [0, 0.1) is 0 Å². The van der Waals surface area contributed by atoms with Crippen LogP contribution in [-0.2, 0) is 6.42 Å². The molecule has 0 saturated heterocycles. The number of nitrogens with zero attached hydrogens (tertiary/aromatic N) is 1. The first-order valence-electron chi connectivity index (χ1n) is 5.57. The first-order chi connectivity index (χ1) is 6.90. The molecule has 1 aromatic carbocycles. The van der Waals surface area contributed by atoms with Crippen molar-refractivity contribution in [1.29, 1.82) is 0 Å². The summed E-state index contributed by atoms with van der Waals surface area (Å²) in [6.07, 6.45) is 6.11. The van der Waals surface area contributed by atoms with Crippen LogP contribution in [0.5, 0.6) is 0 Å². The topological polar surface area (TPSA) is 3.01 Å². The molecule has 0 radical (unpaired) electrons. The average Bonchev–Trinajstić information content (AvgIpc) is 2.26. The molecule has 1 aliphatic rings. The third-order valence-electron chi connectivity index (χ3n) is 2.84. The number of hydrogen-bond acceptors (Lipinski definition) is 0. The monoisotopic (exact) mass is 188 g/mol. The van der Waals surface area contributed by atoms with Gasteiger partial charge in [0.25, 0.3) is 0 Å². The van der Waals surface area contributed by atoms with Crippen molar-refractivity contribution < 1.29 is 4.58 Å². The lowest BCUT2D eigenvalue weighted by molar-refractivity contribution is -0.524. The molecule has 1 heteroatoms. The Morgan fingerprint density at radius 2 is 2.14 bits per heavy atom. The van der Waals surface area contributed by atoms with Crippen molar-refractivity contribution in [3.63, 3.8) is 0 Å². The minimum absolute atomic E-state index is 1.19. The second kappa shape index (κ2) is 4.41. The normalized spacial score (nSPS) is 14.8. The van der Waals surface area contributed by atoms with Crippen LogP contribution in [0.2, 0.25) is 0 Å². The van der Waals surface area contributed by atoms with Gasteiger partial charge in [0.1, 0.15) is 13.1 Å². The number of unbranched alkanes of at least 4 members (excludes halogenated alkanes) is 1. The Balaban J connectivity index is 2.14. The molecule has 14 heavy (non-hydrogen) atoms. The summed E-state index contributed by atoms with van der Waals surface area (Å²) < 4.78 is 2.45. The van der Waals surface area contributed by atoms with Gasteiger partial charge in [-0.05, 0) is 11.6 Å². The lowest BCUT2D eigenvalue weighted by Gasteiger charge is -2.11. The van der Waals surface area contributed by atoms with E-state index in [1.165, 1.54) is 43.5 Å². The van der Waals surface area contributed by atoms with Crippen LogP contribution in [0.4, 0.5) is 0 Å². The van der Waals surface area contributed by atoms with Crippen molar-refractivity contribution in [3.8, 4) is 0 Å². The second-order valence-electron chi connectivity index (χ2n) is 3.97. The van der Waals surface area contributed by atoms with E-state index in [2.05, 4.69) is 42.0 Å². The van der Waals surface area contributed by atoms with Crippen LogP contribution in [0.1, 0.15) is 30.9 Å². The van der Waals surface area contributed by atoms with Gasteiger partial charge in [-0.3, -0.25) is 0 Å². The molecule has 1 nitrogen and oxygen atoms in total. The van der Waals surface area contributed by atoms with Gasteiger partial charge in [-0.15, -0.1) is 0 Å². The van der Waals surface area contributed by atoms with E-state index in [0.29, 0.717) is 0 Å². The molecule has 0 amide bonds. The fraction of sp³-hybridized carbons (Fsp3) is 0.462. The number of fused-ring (bicyclic) bond motifs is 1. The van der Waals surface area contributed by atoms with Gasteiger partial charge in [-0.1, -0.05) is 31.5 Å². The summed E-state index contributed by atoms with van der Waals surface area (Å²) >= 11 is 0. The Morgan fingerprint density at radius 1 is 1.29 bits per heavy atom. The summed E-state index contributed by atoms with van der Waals surface area (Å²) in [6.45, 7) is 4.65. The highest BCUT2D eigenvalue weighted by Crippen LogP contribution is 2.11. The van der Waals surface area contributed by atoms with Gasteiger partial charge < -0.3 is 0 Å².